The summed E-state index contributed by atoms with van der Waals surface area (Å²) in [5.74, 6) is 0.314. The van der Waals surface area contributed by atoms with E-state index in [0.29, 0.717) is 18.4 Å². The minimum absolute atomic E-state index is 0.314. The van der Waals surface area contributed by atoms with Crippen LogP contribution in [0.15, 0.2) is 12.2 Å². The number of hydrogen-bond acceptors (Lipinski definition) is 2. The summed E-state index contributed by atoms with van der Waals surface area (Å²) in [6.45, 7) is 2.80. The van der Waals surface area contributed by atoms with E-state index >= 15 is 0 Å². The molecule has 2 rings (SSSR count). The molecular weight excluding hydrogens is 176 g/mol. The van der Waals surface area contributed by atoms with Crippen molar-refractivity contribution in [3.63, 3.8) is 0 Å². The van der Waals surface area contributed by atoms with Gasteiger partial charge in [0.15, 0.2) is 0 Å². The molecule has 2 aliphatic rings. The highest BCUT2D eigenvalue weighted by Gasteiger charge is 2.21. The van der Waals surface area contributed by atoms with Crippen molar-refractivity contribution in [2.75, 3.05) is 19.6 Å². The number of carbonyl (C=O) groups excluding carboxylic acids is 1. The van der Waals surface area contributed by atoms with Gasteiger partial charge in [0.05, 0.1) is 0 Å². The first-order valence-corrected chi connectivity index (χ1v) is 5.52. The molecule has 1 unspecified atom stereocenters. The smallest absolute Gasteiger partial charge is 0.224 e. The molecule has 0 bridgehead atoms. The standard InChI is InChI=1S/C11H18N2O/c14-11(9-10-5-4-6-12-10)13-7-2-1-3-8-13/h1-2,10,12H,3-9H2. The summed E-state index contributed by atoms with van der Waals surface area (Å²) in [6.07, 6.45) is 8.33. The molecule has 0 spiro atoms. The molecular formula is C11H18N2O. The number of nitrogens with zero attached hydrogens (tertiary/aromatic N) is 1. The van der Waals surface area contributed by atoms with Crippen LogP contribution in [0.25, 0.3) is 0 Å². The number of hydrogen-bond donors (Lipinski definition) is 1. The van der Waals surface area contributed by atoms with Gasteiger partial charge in [0.25, 0.3) is 0 Å². The lowest BCUT2D eigenvalue weighted by Crippen LogP contribution is -2.37. The number of nitrogens with one attached hydrogen (secondary N) is 1. The highest BCUT2D eigenvalue weighted by atomic mass is 16.2. The highest BCUT2D eigenvalue weighted by molar-refractivity contribution is 5.77. The number of carbonyl (C=O) groups is 1. The second kappa shape index (κ2) is 4.60. The van der Waals surface area contributed by atoms with E-state index in [1.807, 2.05) is 4.90 Å². The molecule has 2 heterocycles. The monoisotopic (exact) mass is 194 g/mol. The Balaban J connectivity index is 1.79. The van der Waals surface area contributed by atoms with Crippen LogP contribution in [0, 0.1) is 0 Å². The van der Waals surface area contributed by atoms with E-state index in [4.69, 9.17) is 0 Å². The minimum atomic E-state index is 0.314. The Hall–Kier alpha value is -0.830. The molecule has 0 aromatic carbocycles. The fraction of sp³-hybridized carbons (Fsp3) is 0.727. The third kappa shape index (κ3) is 2.35. The lowest BCUT2D eigenvalue weighted by Gasteiger charge is -2.24. The molecule has 1 fully saturated rings. The molecule has 3 nitrogen and oxygen atoms in total. The van der Waals surface area contributed by atoms with Gasteiger partial charge in [0.2, 0.25) is 5.91 Å². The summed E-state index contributed by atoms with van der Waals surface area (Å²) >= 11 is 0. The zero-order valence-electron chi connectivity index (χ0n) is 8.54. The molecule has 0 aromatic rings. The Morgan fingerprint density at radius 3 is 3.07 bits per heavy atom. The van der Waals surface area contributed by atoms with Crippen LogP contribution in [-0.4, -0.2) is 36.5 Å². The third-order valence-electron chi connectivity index (χ3n) is 2.99. The summed E-state index contributed by atoms with van der Waals surface area (Å²) in [6, 6.07) is 0.438. The molecule has 0 radical (unpaired) electrons. The molecule has 1 saturated heterocycles. The Morgan fingerprint density at radius 1 is 1.50 bits per heavy atom. The molecule has 1 amide bonds. The Kier molecular flexibility index (Phi) is 3.19. The first kappa shape index (κ1) is 9.71. The van der Waals surface area contributed by atoms with Crippen molar-refractivity contribution in [1.82, 2.24) is 10.2 Å². The highest BCUT2D eigenvalue weighted by Crippen LogP contribution is 2.11. The predicted molar refractivity (Wildman–Crippen MR) is 56.0 cm³/mol. The van der Waals surface area contributed by atoms with Crippen LogP contribution in [0.2, 0.25) is 0 Å². The van der Waals surface area contributed by atoms with Gasteiger partial charge >= 0.3 is 0 Å². The van der Waals surface area contributed by atoms with Crippen molar-refractivity contribution >= 4 is 5.91 Å². The van der Waals surface area contributed by atoms with Crippen molar-refractivity contribution in [2.24, 2.45) is 0 Å². The lowest BCUT2D eigenvalue weighted by molar-refractivity contribution is -0.131. The van der Waals surface area contributed by atoms with E-state index in [0.717, 1.165) is 32.5 Å². The summed E-state index contributed by atoms with van der Waals surface area (Å²) in [5, 5.41) is 3.36. The number of amides is 1. The molecule has 14 heavy (non-hydrogen) atoms. The normalized spacial score (nSPS) is 26.9. The largest absolute Gasteiger partial charge is 0.339 e. The Morgan fingerprint density at radius 2 is 2.43 bits per heavy atom. The predicted octanol–water partition coefficient (Wildman–Crippen LogP) is 0.917. The second-order valence-corrected chi connectivity index (χ2v) is 4.10. The van der Waals surface area contributed by atoms with Crippen LogP contribution >= 0.6 is 0 Å². The van der Waals surface area contributed by atoms with E-state index in [9.17, 15) is 4.79 Å². The zero-order chi connectivity index (χ0) is 9.80. The van der Waals surface area contributed by atoms with Gasteiger partial charge in [-0.25, -0.2) is 0 Å². The van der Waals surface area contributed by atoms with Crippen molar-refractivity contribution in [2.45, 2.75) is 31.7 Å². The molecule has 78 valence electrons. The van der Waals surface area contributed by atoms with Crippen LogP contribution in [0.4, 0.5) is 0 Å². The summed E-state index contributed by atoms with van der Waals surface area (Å²) in [4.78, 5) is 13.8. The molecule has 0 aliphatic carbocycles. The molecule has 1 N–H and O–H groups in total. The van der Waals surface area contributed by atoms with Crippen LogP contribution in [0.3, 0.4) is 0 Å². The van der Waals surface area contributed by atoms with Gasteiger partial charge in [-0.2, -0.15) is 0 Å². The van der Waals surface area contributed by atoms with Gasteiger partial charge in [-0.05, 0) is 25.8 Å². The van der Waals surface area contributed by atoms with Gasteiger partial charge in [-0.3, -0.25) is 4.79 Å². The van der Waals surface area contributed by atoms with Gasteiger partial charge in [-0.1, -0.05) is 12.2 Å². The number of rotatable bonds is 2. The average Bonchev–Trinajstić information content (AvgIpc) is 2.72. The van der Waals surface area contributed by atoms with E-state index in [1.54, 1.807) is 0 Å². The van der Waals surface area contributed by atoms with E-state index in [1.165, 1.54) is 6.42 Å². The SMILES string of the molecule is O=C(CC1CCCN1)N1CC=CCC1. The third-order valence-corrected chi connectivity index (χ3v) is 2.99. The summed E-state index contributed by atoms with van der Waals surface area (Å²) in [7, 11) is 0. The zero-order valence-corrected chi connectivity index (χ0v) is 8.54. The molecule has 0 saturated carbocycles. The van der Waals surface area contributed by atoms with Gasteiger partial charge in [-0.15, -0.1) is 0 Å². The second-order valence-electron chi connectivity index (χ2n) is 4.10. The van der Waals surface area contributed by atoms with Gasteiger partial charge in [0, 0.05) is 25.6 Å². The maximum atomic E-state index is 11.8. The van der Waals surface area contributed by atoms with Crippen LogP contribution in [0.1, 0.15) is 25.7 Å². The fourth-order valence-electron chi connectivity index (χ4n) is 2.14. The van der Waals surface area contributed by atoms with Gasteiger partial charge in [0.1, 0.15) is 0 Å². The van der Waals surface area contributed by atoms with Gasteiger partial charge < -0.3 is 10.2 Å². The fourth-order valence-corrected chi connectivity index (χ4v) is 2.14. The maximum Gasteiger partial charge on any atom is 0.224 e. The Labute approximate surface area is 85.2 Å². The first-order valence-electron chi connectivity index (χ1n) is 5.52. The van der Waals surface area contributed by atoms with Crippen molar-refractivity contribution < 1.29 is 4.79 Å². The average molecular weight is 194 g/mol. The topological polar surface area (TPSA) is 32.3 Å². The molecule has 1 atom stereocenters. The first-order chi connectivity index (χ1) is 6.86. The van der Waals surface area contributed by atoms with Crippen molar-refractivity contribution in [3.05, 3.63) is 12.2 Å². The van der Waals surface area contributed by atoms with E-state index in [-0.39, 0.29) is 0 Å². The quantitative estimate of drug-likeness (QED) is 0.663. The minimum Gasteiger partial charge on any atom is -0.339 e. The Bertz CT molecular complexity index is 231. The molecule has 0 aromatic heterocycles. The van der Waals surface area contributed by atoms with Crippen LogP contribution in [-0.2, 0) is 4.79 Å². The lowest BCUT2D eigenvalue weighted by atomic mass is 10.1. The van der Waals surface area contributed by atoms with Crippen LogP contribution < -0.4 is 5.32 Å². The van der Waals surface area contributed by atoms with E-state index < -0.39 is 0 Å². The maximum absolute atomic E-state index is 11.8. The summed E-state index contributed by atoms with van der Waals surface area (Å²) < 4.78 is 0. The molecule has 2 aliphatic heterocycles. The van der Waals surface area contributed by atoms with Crippen molar-refractivity contribution in [1.29, 1.82) is 0 Å². The molecule has 3 heteroatoms. The summed E-state index contributed by atoms with van der Waals surface area (Å²) in [5.41, 5.74) is 0. The van der Waals surface area contributed by atoms with Crippen LogP contribution in [0.5, 0.6) is 0 Å². The van der Waals surface area contributed by atoms with Crippen molar-refractivity contribution in [3.8, 4) is 0 Å². The van der Waals surface area contributed by atoms with E-state index in [2.05, 4.69) is 17.5 Å².